The highest BCUT2D eigenvalue weighted by atomic mass is 32.2. The van der Waals surface area contributed by atoms with Crippen molar-refractivity contribution in [3.8, 4) is 0 Å². The number of hydrogen-bond donors (Lipinski definition) is 0. The van der Waals surface area contributed by atoms with E-state index in [2.05, 4.69) is 71.3 Å². The molecule has 0 aliphatic carbocycles. The number of nitrogens with zero attached hydrogens (tertiary/aromatic N) is 1. The predicted molar refractivity (Wildman–Crippen MR) is 139 cm³/mol. The Balaban J connectivity index is 1.10. The topological polar surface area (TPSA) is 21.7 Å². The summed E-state index contributed by atoms with van der Waals surface area (Å²) in [6.07, 6.45) is 4.12. The van der Waals surface area contributed by atoms with Gasteiger partial charge >= 0.3 is 0 Å². The van der Waals surface area contributed by atoms with Gasteiger partial charge in [-0.25, -0.2) is 4.39 Å². The lowest BCUT2D eigenvalue weighted by atomic mass is 9.84. The van der Waals surface area contributed by atoms with Crippen molar-refractivity contribution in [3.05, 3.63) is 107 Å². The maximum absolute atomic E-state index is 13.4. The highest BCUT2D eigenvalue weighted by molar-refractivity contribution is 8.01. The van der Waals surface area contributed by atoms with Crippen molar-refractivity contribution in [2.24, 2.45) is 0 Å². The smallest absolute Gasteiger partial charge is 0.195 e. The molecule has 0 aromatic heterocycles. The zero-order valence-corrected chi connectivity index (χ0v) is 20.8. The molecule has 0 saturated carbocycles. The van der Waals surface area contributed by atoms with Crippen molar-refractivity contribution in [1.82, 2.24) is 4.90 Å². The summed E-state index contributed by atoms with van der Waals surface area (Å²) in [7, 11) is 0. The molecule has 35 heavy (non-hydrogen) atoms. The molecule has 3 aliphatic rings. The van der Waals surface area contributed by atoms with Gasteiger partial charge in [0.1, 0.15) is 5.82 Å². The molecule has 0 radical (unpaired) electrons. The monoisotopic (exact) mass is 489 g/mol. The van der Waals surface area contributed by atoms with Crippen LogP contribution >= 0.6 is 11.8 Å². The largest absolute Gasteiger partial charge is 0.343 e. The van der Waals surface area contributed by atoms with Crippen LogP contribution in [0.1, 0.15) is 53.2 Å². The van der Waals surface area contributed by atoms with Crippen molar-refractivity contribution in [3.63, 3.8) is 0 Å². The third kappa shape index (κ3) is 4.44. The van der Waals surface area contributed by atoms with Crippen LogP contribution in [0.3, 0.4) is 0 Å². The lowest BCUT2D eigenvalue weighted by Gasteiger charge is -2.40. The maximum Gasteiger partial charge on any atom is 0.195 e. The van der Waals surface area contributed by atoms with Gasteiger partial charge in [-0.3, -0.25) is 0 Å². The summed E-state index contributed by atoms with van der Waals surface area (Å²) in [6.45, 7) is 4.41. The van der Waals surface area contributed by atoms with Gasteiger partial charge in [0.05, 0.1) is 18.5 Å². The van der Waals surface area contributed by atoms with E-state index in [0.29, 0.717) is 18.5 Å². The first-order valence-corrected chi connectivity index (χ1v) is 13.6. The number of ether oxygens (including phenoxy) is 2. The number of likely N-dealkylation sites (tertiary alicyclic amines) is 1. The second kappa shape index (κ2) is 9.70. The van der Waals surface area contributed by atoms with Crippen LogP contribution in [0.2, 0.25) is 0 Å². The van der Waals surface area contributed by atoms with E-state index in [9.17, 15) is 4.39 Å². The van der Waals surface area contributed by atoms with Gasteiger partial charge in [0, 0.05) is 16.7 Å². The standard InChI is InChI=1S/C30H32FNO2S/c31-25-13-11-24(12-14-25)30(33-21-22-34-30)15-6-18-32-19-16-29(17-20-32)27-10-5-4-9-26(27)28(35-29)23-7-2-1-3-8-23/h1-5,7-14,28H,6,15-22H2. The Bertz CT molecular complexity index is 1140. The van der Waals surface area contributed by atoms with Crippen LogP contribution in [0.5, 0.6) is 0 Å². The van der Waals surface area contributed by atoms with Crippen LogP contribution < -0.4 is 0 Å². The molecule has 3 nitrogen and oxygen atoms in total. The lowest BCUT2D eigenvalue weighted by molar-refractivity contribution is -0.172. The molecule has 6 rings (SSSR count). The van der Waals surface area contributed by atoms with Gasteiger partial charge in [0.25, 0.3) is 0 Å². The molecule has 0 bridgehead atoms. The fourth-order valence-electron chi connectivity index (χ4n) is 6.04. The summed E-state index contributed by atoms with van der Waals surface area (Å²) in [5.74, 6) is -0.960. The lowest BCUT2D eigenvalue weighted by Crippen LogP contribution is -2.41. The third-order valence-corrected chi connectivity index (χ3v) is 9.70. The molecule has 1 spiro atoms. The van der Waals surface area contributed by atoms with Gasteiger partial charge in [0.15, 0.2) is 5.79 Å². The van der Waals surface area contributed by atoms with Gasteiger partial charge in [0.2, 0.25) is 0 Å². The van der Waals surface area contributed by atoms with Crippen LogP contribution in [-0.4, -0.2) is 37.7 Å². The molecule has 1 unspecified atom stereocenters. The molecule has 0 N–H and O–H groups in total. The van der Waals surface area contributed by atoms with Crippen molar-refractivity contribution in [2.75, 3.05) is 32.8 Å². The Kier molecular flexibility index (Phi) is 6.44. The van der Waals surface area contributed by atoms with Gasteiger partial charge in [-0.05, 0) is 67.7 Å². The molecule has 3 aromatic rings. The molecular weight excluding hydrogens is 457 g/mol. The van der Waals surface area contributed by atoms with Crippen molar-refractivity contribution in [1.29, 1.82) is 0 Å². The minimum absolute atomic E-state index is 0.209. The number of benzene rings is 3. The van der Waals surface area contributed by atoms with E-state index in [-0.39, 0.29) is 10.6 Å². The van der Waals surface area contributed by atoms with Crippen molar-refractivity contribution in [2.45, 2.75) is 41.5 Å². The van der Waals surface area contributed by atoms with Crippen LogP contribution in [0.4, 0.5) is 4.39 Å². The first-order chi connectivity index (χ1) is 17.2. The Morgan fingerprint density at radius 3 is 2.29 bits per heavy atom. The summed E-state index contributed by atoms with van der Waals surface area (Å²) in [4.78, 5) is 2.59. The number of halogens is 1. The SMILES string of the molecule is Fc1ccc(C2(CCCN3CCC4(CC3)SC(c3ccccc3)c3ccccc34)OCCO2)cc1. The summed E-state index contributed by atoms with van der Waals surface area (Å²) < 4.78 is 25.8. The Hall–Kier alpha value is -2.18. The van der Waals surface area contributed by atoms with Gasteiger partial charge in [-0.2, -0.15) is 0 Å². The van der Waals surface area contributed by atoms with E-state index in [1.165, 1.54) is 36.1 Å². The summed E-state index contributed by atoms with van der Waals surface area (Å²) >= 11 is 2.16. The number of hydrogen-bond acceptors (Lipinski definition) is 4. The average Bonchev–Trinajstić information content (AvgIpc) is 3.51. The molecule has 3 aliphatic heterocycles. The van der Waals surface area contributed by atoms with E-state index in [0.717, 1.165) is 38.0 Å². The molecule has 2 saturated heterocycles. The highest BCUT2D eigenvalue weighted by Gasteiger charge is 2.46. The quantitative estimate of drug-likeness (QED) is 0.387. The van der Waals surface area contributed by atoms with E-state index in [1.807, 2.05) is 0 Å². The van der Waals surface area contributed by atoms with Crippen LogP contribution in [0, 0.1) is 5.82 Å². The van der Waals surface area contributed by atoms with Gasteiger partial charge in [-0.15, -0.1) is 11.8 Å². The van der Waals surface area contributed by atoms with Crippen molar-refractivity contribution >= 4 is 11.8 Å². The minimum atomic E-state index is -0.728. The second-order valence-electron chi connectivity index (χ2n) is 9.89. The molecule has 1 atom stereocenters. The van der Waals surface area contributed by atoms with Gasteiger partial charge < -0.3 is 14.4 Å². The summed E-state index contributed by atoms with van der Waals surface area (Å²) in [5, 5.41) is 0.422. The third-order valence-electron chi connectivity index (χ3n) is 7.86. The molecule has 2 fully saturated rings. The first kappa shape index (κ1) is 23.2. The molecular formula is C30H32FNO2S. The molecule has 3 heterocycles. The molecule has 5 heteroatoms. The number of piperidine rings is 1. The van der Waals surface area contributed by atoms with Crippen LogP contribution in [0.25, 0.3) is 0 Å². The molecule has 3 aromatic carbocycles. The minimum Gasteiger partial charge on any atom is -0.343 e. The van der Waals surface area contributed by atoms with Gasteiger partial charge in [-0.1, -0.05) is 66.7 Å². The summed E-state index contributed by atoms with van der Waals surface area (Å²) in [6, 6.07) is 26.6. The number of rotatable bonds is 6. The highest BCUT2D eigenvalue weighted by Crippen LogP contribution is 2.61. The predicted octanol–water partition coefficient (Wildman–Crippen LogP) is 6.63. The first-order valence-electron chi connectivity index (χ1n) is 12.8. The summed E-state index contributed by atoms with van der Waals surface area (Å²) in [5.41, 5.74) is 5.36. The Morgan fingerprint density at radius 2 is 1.54 bits per heavy atom. The Morgan fingerprint density at radius 1 is 0.857 bits per heavy atom. The maximum atomic E-state index is 13.4. The zero-order chi connectivity index (χ0) is 23.7. The van der Waals surface area contributed by atoms with E-state index in [4.69, 9.17) is 9.47 Å². The zero-order valence-electron chi connectivity index (χ0n) is 20.0. The average molecular weight is 490 g/mol. The van der Waals surface area contributed by atoms with E-state index < -0.39 is 5.79 Å². The van der Waals surface area contributed by atoms with E-state index >= 15 is 0 Å². The number of fused-ring (bicyclic) bond motifs is 2. The fourth-order valence-corrected chi connectivity index (χ4v) is 7.85. The van der Waals surface area contributed by atoms with E-state index in [1.54, 1.807) is 17.7 Å². The van der Waals surface area contributed by atoms with Crippen LogP contribution in [-0.2, 0) is 20.0 Å². The van der Waals surface area contributed by atoms with Crippen molar-refractivity contribution < 1.29 is 13.9 Å². The number of thioether (sulfide) groups is 1. The Labute approximate surface area is 211 Å². The normalized spacial score (nSPS) is 22.9. The van der Waals surface area contributed by atoms with Crippen LogP contribution in [0.15, 0.2) is 78.9 Å². The molecule has 0 amide bonds. The fraction of sp³-hybridized carbons (Fsp3) is 0.400. The molecule has 182 valence electrons. The second-order valence-corrected chi connectivity index (χ2v) is 11.4.